The summed E-state index contributed by atoms with van der Waals surface area (Å²) in [5.74, 6) is -0.124. The third-order valence-electron chi connectivity index (χ3n) is 3.42. The lowest BCUT2D eigenvalue weighted by Crippen LogP contribution is -2.52. The van der Waals surface area contributed by atoms with Crippen LogP contribution in [0.3, 0.4) is 0 Å². The van der Waals surface area contributed by atoms with Crippen LogP contribution in [-0.4, -0.2) is 29.2 Å². The molecule has 6 heteroatoms. The Morgan fingerprint density at radius 2 is 2.09 bits per heavy atom. The van der Waals surface area contributed by atoms with E-state index >= 15 is 0 Å². The molecule has 1 aromatic rings. The number of nitrogens with one attached hydrogen (secondary N) is 2. The largest absolute Gasteiger partial charge is 0.444 e. The molecule has 0 aromatic carbocycles. The van der Waals surface area contributed by atoms with Crippen molar-refractivity contribution in [3.05, 3.63) is 22.4 Å². The molecule has 1 aliphatic rings. The fourth-order valence-electron chi connectivity index (χ4n) is 2.21. The lowest BCUT2D eigenvalue weighted by atomic mass is 10.1. The van der Waals surface area contributed by atoms with Gasteiger partial charge < -0.3 is 15.4 Å². The molecule has 0 saturated heterocycles. The van der Waals surface area contributed by atoms with Gasteiger partial charge in [-0.15, -0.1) is 0 Å². The van der Waals surface area contributed by atoms with Crippen molar-refractivity contribution in [1.29, 1.82) is 0 Å². The summed E-state index contributed by atoms with van der Waals surface area (Å²) in [6.07, 6.45) is 1.56. The normalized spacial score (nSPS) is 17.5. The standard InChI is InChI=1S/C16H24N2O3S/c1-11(9-12-5-8-22-10-12)17-13(19)16(6-7-16)18-14(20)21-15(2,3)4/h5,8,10-11H,6-7,9H2,1-4H3,(H,17,19)(H,18,20). The van der Waals surface area contributed by atoms with Gasteiger partial charge in [0.05, 0.1) is 0 Å². The zero-order valence-electron chi connectivity index (χ0n) is 13.6. The fraction of sp³-hybridized carbons (Fsp3) is 0.625. The number of ether oxygens (including phenoxy) is 1. The molecule has 5 nitrogen and oxygen atoms in total. The average Bonchev–Trinajstić information content (AvgIpc) is 2.95. The third kappa shape index (κ3) is 4.73. The summed E-state index contributed by atoms with van der Waals surface area (Å²) in [7, 11) is 0. The first-order chi connectivity index (χ1) is 10.2. The molecule has 2 rings (SSSR count). The second-order valence-electron chi connectivity index (χ2n) is 6.92. The van der Waals surface area contributed by atoms with Crippen LogP contribution in [0.1, 0.15) is 46.1 Å². The number of hydrogen-bond donors (Lipinski definition) is 2. The van der Waals surface area contributed by atoms with Crippen LogP contribution in [0, 0.1) is 0 Å². The first-order valence-electron chi connectivity index (χ1n) is 7.53. The molecule has 1 unspecified atom stereocenters. The minimum absolute atomic E-state index is 0.0278. The quantitative estimate of drug-likeness (QED) is 0.875. The van der Waals surface area contributed by atoms with Crippen LogP contribution in [-0.2, 0) is 16.0 Å². The Kier molecular flexibility index (Phi) is 4.80. The first-order valence-corrected chi connectivity index (χ1v) is 8.48. The molecule has 1 aliphatic carbocycles. The number of carbonyl (C=O) groups excluding carboxylic acids is 2. The van der Waals surface area contributed by atoms with Crippen molar-refractivity contribution in [1.82, 2.24) is 10.6 Å². The Morgan fingerprint density at radius 3 is 2.59 bits per heavy atom. The van der Waals surface area contributed by atoms with E-state index in [0.29, 0.717) is 12.8 Å². The molecule has 0 aliphatic heterocycles. The monoisotopic (exact) mass is 324 g/mol. The van der Waals surface area contributed by atoms with Crippen molar-refractivity contribution in [3.63, 3.8) is 0 Å². The molecule has 1 heterocycles. The van der Waals surface area contributed by atoms with E-state index in [4.69, 9.17) is 4.74 Å². The molecule has 1 atom stereocenters. The van der Waals surface area contributed by atoms with Crippen molar-refractivity contribution in [2.75, 3.05) is 0 Å². The molecule has 22 heavy (non-hydrogen) atoms. The predicted octanol–water partition coefficient (Wildman–Crippen LogP) is 2.85. The van der Waals surface area contributed by atoms with E-state index in [9.17, 15) is 9.59 Å². The molecule has 1 aromatic heterocycles. The molecule has 122 valence electrons. The number of carbonyl (C=O) groups is 2. The lowest BCUT2D eigenvalue weighted by Gasteiger charge is -2.24. The van der Waals surface area contributed by atoms with Gasteiger partial charge in [0, 0.05) is 6.04 Å². The van der Waals surface area contributed by atoms with Crippen LogP contribution in [0.4, 0.5) is 4.79 Å². The average molecular weight is 324 g/mol. The smallest absolute Gasteiger partial charge is 0.408 e. The van der Waals surface area contributed by atoms with Crippen LogP contribution in [0.5, 0.6) is 0 Å². The van der Waals surface area contributed by atoms with Gasteiger partial charge in [-0.25, -0.2) is 4.79 Å². The summed E-state index contributed by atoms with van der Waals surface area (Å²) < 4.78 is 5.23. The van der Waals surface area contributed by atoms with Crippen LogP contribution in [0.15, 0.2) is 16.8 Å². The fourth-order valence-corrected chi connectivity index (χ4v) is 2.89. The minimum Gasteiger partial charge on any atom is -0.444 e. The van der Waals surface area contributed by atoms with Crippen molar-refractivity contribution < 1.29 is 14.3 Å². The topological polar surface area (TPSA) is 67.4 Å². The Labute approximate surface area is 135 Å². The zero-order chi connectivity index (χ0) is 16.4. The molecule has 1 saturated carbocycles. The van der Waals surface area contributed by atoms with Crippen LogP contribution >= 0.6 is 11.3 Å². The van der Waals surface area contributed by atoms with Crippen molar-refractivity contribution >= 4 is 23.3 Å². The highest BCUT2D eigenvalue weighted by molar-refractivity contribution is 7.07. The maximum atomic E-state index is 12.4. The Balaban J connectivity index is 1.84. The molecular weight excluding hydrogens is 300 g/mol. The molecule has 0 spiro atoms. The van der Waals surface area contributed by atoms with E-state index in [1.807, 2.05) is 12.3 Å². The van der Waals surface area contributed by atoms with Gasteiger partial charge in [-0.05, 0) is 69.3 Å². The Morgan fingerprint density at radius 1 is 1.41 bits per heavy atom. The lowest BCUT2D eigenvalue weighted by molar-refractivity contribution is -0.124. The SMILES string of the molecule is CC(Cc1ccsc1)NC(=O)C1(NC(=O)OC(C)(C)C)CC1. The summed E-state index contributed by atoms with van der Waals surface area (Å²) in [6, 6.07) is 2.08. The predicted molar refractivity (Wildman–Crippen MR) is 87.0 cm³/mol. The molecule has 2 N–H and O–H groups in total. The van der Waals surface area contributed by atoms with E-state index in [1.165, 1.54) is 5.56 Å². The van der Waals surface area contributed by atoms with E-state index < -0.39 is 17.2 Å². The molecule has 2 amide bonds. The van der Waals surface area contributed by atoms with E-state index in [1.54, 1.807) is 32.1 Å². The maximum Gasteiger partial charge on any atom is 0.408 e. The van der Waals surface area contributed by atoms with Gasteiger partial charge in [-0.1, -0.05) is 0 Å². The van der Waals surface area contributed by atoms with Crippen LogP contribution in [0.25, 0.3) is 0 Å². The molecule has 0 bridgehead atoms. The summed E-state index contributed by atoms with van der Waals surface area (Å²) in [5.41, 5.74) is -0.142. The third-order valence-corrected chi connectivity index (χ3v) is 4.16. The Hall–Kier alpha value is -1.56. The van der Waals surface area contributed by atoms with E-state index in [-0.39, 0.29) is 11.9 Å². The summed E-state index contributed by atoms with van der Waals surface area (Å²) >= 11 is 1.65. The Bertz CT molecular complexity index is 530. The second kappa shape index (κ2) is 6.28. The molecular formula is C16H24N2O3S. The van der Waals surface area contributed by atoms with Crippen molar-refractivity contribution in [2.24, 2.45) is 0 Å². The second-order valence-corrected chi connectivity index (χ2v) is 7.70. The van der Waals surface area contributed by atoms with E-state index in [2.05, 4.69) is 22.1 Å². The number of alkyl carbamates (subject to hydrolysis) is 1. The van der Waals surface area contributed by atoms with Crippen LogP contribution < -0.4 is 10.6 Å². The van der Waals surface area contributed by atoms with Gasteiger partial charge in [-0.2, -0.15) is 11.3 Å². The van der Waals surface area contributed by atoms with Gasteiger partial charge in [0.25, 0.3) is 0 Å². The minimum atomic E-state index is -0.786. The maximum absolute atomic E-state index is 12.4. The highest BCUT2D eigenvalue weighted by atomic mass is 32.1. The summed E-state index contributed by atoms with van der Waals surface area (Å²) in [6.45, 7) is 7.37. The highest BCUT2D eigenvalue weighted by Gasteiger charge is 2.52. The van der Waals surface area contributed by atoms with Crippen molar-refractivity contribution in [3.8, 4) is 0 Å². The van der Waals surface area contributed by atoms with Gasteiger partial charge in [0.15, 0.2) is 0 Å². The van der Waals surface area contributed by atoms with E-state index in [0.717, 1.165) is 6.42 Å². The van der Waals surface area contributed by atoms with Gasteiger partial charge >= 0.3 is 6.09 Å². The molecule has 0 radical (unpaired) electrons. The number of thiophene rings is 1. The van der Waals surface area contributed by atoms with Gasteiger partial charge in [0.2, 0.25) is 5.91 Å². The first kappa shape index (κ1) is 16.8. The summed E-state index contributed by atoms with van der Waals surface area (Å²) in [4.78, 5) is 24.2. The highest BCUT2D eigenvalue weighted by Crippen LogP contribution is 2.36. The van der Waals surface area contributed by atoms with Crippen LogP contribution in [0.2, 0.25) is 0 Å². The number of hydrogen-bond acceptors (Lipinski definition) is 4. The summed E-state index contributed by atoms with van der Waals surface area (Å²) in [5, 5.41) is 9.80. The number of rotatable bonds is 5. The van der Waals surface area contributed by atoms with Gasteiger partial charge in [0.1, 0.15) is 11.1 Å². The zero-order valence-corrected chi connectivity index (χ0v) is 14.4. The number of amides is 2. The van der Waals surface area contributed by atoms with Gasteiger partial charge in [-0.3, -0.25) is 4.79 Å². The molecule has 1 fully saturated rings. The van der Waals surface area contributed by atoms with Crippen molar-refractivity contribution in [2.45, 2.75) is 64.1 Å².